The summed E-state index contributed by atoms with van der Waals surface area (Å²) in [6.07, 6.45) is 2.60. The van der Waals surface area contributed by atoms with E-state index in [1.807, 2.05) is 0 Å². The number of rotatable bonds is 5. The number of pyridine rings is 1. The highest BCUT2D eigenvalue weighted by Crippen LogP contribution is 2.44. The summed E-state index contributed by atoms with van der Waals surface area (Å²) in [5, 5.41) is 0. The van der Waals surface area contributed by atoms with Crippen LogP contribution in [0.2, 0.25) is 0 Å². The Hall–Kier alpha value is -2.28. The Labute approximate surface area is 139 Å². The van der Waals surface area contributed by atoms with Gasteiger partial charge >= 0.3 is 0 Å². The molecular weight excluding hydrogens is 340 g/mol. The first kappa shape index (κ1) is 16.6. The van der Waals surface area contributed by atoms with Gasteiger partial charge in [0.15, 0.2) is 0 Å². The van der Waals surface area contributed by atoms with Gasteiger partial charge in [-0.25, -0.2) is 8.78 Å². The number of benzene rings is 1. The van der Waals surface area contributed by atoms with Gasteiger partial charge in [0.25, 0.3) is 5.92 Å². The predicted octanol–water partition coefficient (Wildman–Crippen LogP) is 4.93. The van der Waals surface area contributed by atoms with E-state index in [4.69, 9.17) is 0 Å². The van der Waals surface area contributed by atoms with E-state index in [9.17, 15) is 8.78 Å². The van der Waals surface area contributed by atoms with Crippen LogP contribution in [0.5, 0.6) is 0 Å². The second-order valence-corrected chi connectivity index (χ2v) is 6.20. The number of thiazole rings is 1. The van der Waals surface area contributed by atoms with Gasteiger partial charge in [-0.1, -0.05) is 12.1 Å². The lowest BCUT2D eigenvalue weighted by Gasteiger charge is -2.27. The molecule has 0 N–H and O–H groups in total. The maximum absolute atomic E-state index is 15.0. The van der Waals surface area contributed by atoms with Crippen LogP contribution in [-0.2, 0) is 12.3 Å². The zero-order valence-electron chi connectivity index (χ0n) is 12.3. The number of hydrogen-bond acceptors (Lipinski definition) is 3. The van der Waals surface area contributed by atoms with Crippen LogP contribution in [-0.4, -0.2) is 9.97 Å². The third-order valence-corrected chi connectivity index (χ3v) is 4.47. The Bertz CT molecular complexity index is 807. The minimum Gasteiger partial charge on any atom is -0.255 e. The lowest BCUT2D eigenvalue weighted by molar-refractivity contribution is -0.0392. The van der Waals surface area contributed by atoms with Gasteiger partial charge in [0.1, 0.15) is 17.3 Å². The SMILES string of the molecule is Fc1ccc(C(Cc2cncs2)C(F)(F)c2ccccn2)c(F)c1. The Morgan fingerprint density at radius 2 is 1.96 bits per heavy atom. The summed E-state index contributed by atoms with van der Waals surface area (Å²) in [7, 11) is 0. The highest BCUT2D eigenvalue weighted by atomic mass is 32.1. The van der Waals surface area contributed by atoms with Crippen LogP contribution in [0.3, 0.4) is 0 Å². The minimum atomic E-state index is -3.43. The van der Waals surface area contributed by atoms with E-state index in [1.165, 1.54) is 47.4 Å². The van der Waals surface area contributed by atoms with Crippen LogP contribution in [0.4, 0.5) is 17.6 Å². The molecule has 0 fully saturated rings. The van der Waals surface area contributed by atoms with Crippen molar-refractivity contribution in [2.24, 2.45) is 0 Å². The second-order valence-electron chi connectivity index (χ2n) is 5.23. The summed E-state index contributed by atoms with van der Waals surface area (Å²) in [4.78, 5) is 8.16. The monoisotopic (exact) mass is 352 g/mol. The first-order chi connectivity index (χ1) is 11.5. The van der Waals surface area contributed by atoms with E-state index in [0.717, 1.165) is 12.1 Å². The Morgan fingerprint density at radius 3 is 2.58 bits per heavy atom. The zero-order valence-corrected chi connectivity index (χ0v) is 13.1. The summed E-state index contributed by atoms with van der Waals surface area (Å²) >= 11 is 1.20. The molecule has 0 amide bonds. The van der Waals surface area contributed by atoms with E-state index < -0.39 is 29.2 Å². The largest absolute Gasteiger partial charge is 0.296 e. The molecule has 24 heavy (non-hydrogen) atoms. The summed E-state index contributed by atoms with van der Waals surface area (Å²) in [5.41, 5.74) is 0.815. The van der Waals surface area contributed by atoms with Crippen LogP contribution in [0.15, 0.2) is 54.3 Å². The van der Waals surface area contributed by atoms with Gasteiger partial charge in [0.2, 0.25) is 0 Å². The van der Waals surface area contributed by atoms with Crippen molar-refractivity contribution in [2.45, 2.75) is 18.3 Å². The highest BCUT2D eigenvalue weighted by molar-refractivity contribution is 7.09. The van der Waals surface area contributed by atoms with E-state index in [-0.39, 0.29) is 12.0 Å². The molecule has 0 radical (unpaired) electrons. The molecule has 2 nitrogen and oxygen atoms in total. The number of aromatic nitrogens is 2. The summed E-state index contributed by atoms with van der Waals surface area (Å²) in [5.74, 6) is -6.76. The molecule has 0 aliphatic heterocycles. The molecule has 0 aliphatic carbocycles. The molecule has 0 bridgehead atoms. The van der Waals surface area contributed by atoms with Gasteiger partial charge in [0, 0.05) is 23.3 Å². The van der Waals surface area contributed by atoms with Crippen molar-refractivity contribution < 1.29 is 17.6 Å². The zero-order chi connectivity index (χ0) is 17.2. The van der Waals surface area contributed by atoms with Gasteiger partial charge < -0.3 is 0 Å². The molecule has 3 aromatic rings. The second kappa shape index (κ2) is 6.68. The minimum absolute atomic E-state index is 0.128. The predicted molar refractivity (Wildman–Crippen MR) is 83.0 cm³/mol. The molecule has 2 heterocycles. The first-order valence-electron chi connectivity index (χ1n) is 7.10. The topological polar surface area (TPSA) is 25.8 Å². The molecule has 0 saturated carbocycles. The van der Waals surface area contributed by atoms with Gasteiger partial charge in [-0.15, -0.1) is 11.3 Å². The summed E-state index contributed by atoms with van der Waals surface area (Å²) < 4.78 is 57.4. The molecular formula is C17H12F4N2S. The van der Waals surface area contributed by atoms with Crippen molar-refractivity contribution in [1.82, 2.24) is 9.97 Å². The van der Waals surface area contributed by atoms with Crippen LogP contribution in [0.25, 0.3) is 0 Å². The normalized spacial score (nSPS) is 13.0. The standard InChI is InChI=1S/C17H12F4N2S/c18-11-4-5-13(15(19)7-11)14(8-12-9-22-10-24-12)17(20,21)16-3-1-2-6-23-16/h1-7,9-10,14H,8H2. The van der Waals surface area contributed by atoms with Crippen LogP contribution < -0.4 is 0 Å². The molecule has 1 aromatic carbocycles. The van der Waals surface area contributed by atoms with Crippen molar-refractivity contribution in [3.8, 4) is 0 Å². The molecule has 1 atom stereocenters. The fourth-order valence-corrected chi connectivity index (χ4v) is 3.14. The third-order valence-electron chi connectivity index (χ3n) is 3.67. The van der Waals surface area contributed by atoms with Crippen molar-refractivity contribution >= 4 is 11.3 Å². The highest BCUT2D eigenvalue weighted by Gasteiger charge is 2.44. The number of halogens is 4. The van der Waals surface area contributed by atoms with E-state index in [2.05, 4.69) is 9.97 Å². The maximum Gasteiger partial charge on any atom is 0.296 e. The molecule has 2 aromatic heterocycles. The van der Waals surface area contributed by atoms with Gasteiger partial charge in [-0.05, 0) is 30.2 Å². The van der Waals surface area contributed by atoms with Crippen LogP contribution in [0.1, 0.15) is 22.1 Å². The molecule has 124 valence electrons. The van der Waals surface area contributed by atoms with Crippen molar-refractivity contribution in [3.63, 3.8) is 0 Å². The van der Waals surface area contributed by atoms with E-state index in [0.29, 0.717) is 10.9 Å². The van der Waals surface area contributed by atoms with E-state index in [1.54, 1.807) is 0 Å². The number of hydrogen-bond donors (Lipinski definition) is 0. The average molecular weight is 352 g/mol. The molecule has 1 unspecified atom stereocenters. The lowest BCUT2D eigenvalue weighted by Crippen LogP contribution is -2.27. The number of nitrogens with zero attached hydrogens (tertiary/aromatic N) is 2. The third kappa shape index (κ3) is 3.31. The molecule has 0 aliphatic rings. The van der Waals surface area contributed by atoms with Gasteiger partial charge in [-0.2, -0.15) is 8.78 Å². The first-order valence-corrected chi connectivity index (χ1v) is 7.98. The molecule has 0 spiro atoms. The van der Waals surface area contributed by atoms with E-state index >= 15 is 8.78 Å². The Kier molecular flexibility index (Phi) is 4.62. The van der Waals surface area contributed by atoms with Gasteiger partial charge in [-0.3, -0.25) is 9.97 Å². The summed E-state index contributed by atoms with van der Waals surface area (Å²) in [6.45, 7) is 0. The fourth-order valence-electron chi connectivity index (χ4n) is 2.50. The number of alkyl halides is 2. The molecule has 3 rings (SSSR count). The van der Waals surface area contributed by atoms with Crippen LogP contribution in [0, 0.1) is 11.6 Å². The smallest absolute Gasteiger partial charge is 0.255 e. The Morgan fingerprint density at radius 1 is 1.12 bits per heavy atom. The average Bonchev–Trinajstić information content (AvgIpc) is 3.07. The maximum atomic E-state index is 15.0. The molecule has 0 saturated heterocycles. The summed E-state index contributed by atoms with van der Waals surface area (Å²) in [6, 6.07) is 6.82. The van der Waals surface area contributed by atoms with Crippen molar-refractivity contribution in [3.05, 3.63) is 82.1 Å². The van der Waals surface area contributed by atoms with Crippen molar-refractivity contribution in [1.29, 1.82) is 0 Å². The quantitative estimate of drug-likeness (QED) is 0.608. The van der Waals surface area contributed by atoms with Crippen molar-refractivity contribution in [2.75, 3.05) is 0 Å². The lowest BCUT2D eigenvalue weighted by atomic mass is 9.86. The Balaban J connectivity index is 2.07. The van der Waals surface area contributed by atoms with Gasteiger partial charge in [0.05, 0.1) is 11.4 Å². The molecule has 7 heteroatoms. The van der Waals surface area contributed by atoms with Crippen LogP contribution >= 0.6 is 11.3 Å². The fraction of sp³-hybridized carbons (Fsp3) is 0.176.